The Balaban J connectivity index is 2.09. The Labute approximate surface area is 137 Å². The maximum Gasteiger partial charge on any atom is 0.205 e. The molecular formula is C18H13N3OS. The van der Waals surface area contributed by atoms with Crippen LogP contribution in [-0.4, -0.2) is 4.98 Å². The zero-order valence-corrected chi connectivity index (χ0v) is 13.2. The summed E-state index contributed by atoms with van der Waals surface area (Å²) < 4.78 is 5.86. The number of aryl methyl sites for hydroxylation is 1. The Morgan fingerprint density at radius 1 is 1.26 bits per heavy atom. The van der Waals surface area contributed by atoms with Gasteiger partial charge in [0.05, 0.1) is 11.4 Å². The van der Waals surface area contributed by atoms with E-state index < -0.39 is 0 Å². The molecule has 2 aromatic heterocycles. The quantitative estimate of drug-likeness (QED) is 0.740. The summed E-state index contributed by atoms with van der Waals surface area (Å²) in [5, 5.41) is 12.5. The molecule has 0 saturated heterocycles. The highest BCUT2D eigenvalue weighted by Gasteiger charge is 2.34. The van der Waals surface area contributed by atoms with E-state index in [1.54, 1.807) is 11.3 Å². The van der Waals surface area contributed by atoms with Gasteiger partial charge in [-0.2, -0.15) is 5.26 Å². The second kappa shape index (κ2) is 5.11. The molecular weight excluding hydrogens is 306 g/mol. The molecule has 1 aromatic carbocycles. The monoisotopic (exact) mass is 319 g/mol. The van der Waals surface area contributed by atoms with Crippen LogP contribution in [0.25, 0.3) is 10.9 Å². The molecule has 1 aliphatic heterocycles. The fourth-order valence-electron chi connectivity index (χ4n) is 3.07. The Bertz CT molecular complexity index is 983. The molecule has 0 bridgehead atoms. The van der Waals surface area contributed by atoms with Crippen molar-refractivity contribution in [3.05, 3.63) is 69.4 Å². The topological polar surface area (TPSA) is 71.9 Å². The predicted octanol–water partition coefficient (Wildman–Crippen LogP) is 3.82. The minimum absolute atomic E-state index is 0.175. The van der Waals surface area contributed by atoms with E-state index in [1.165, 1.54) is 0 Å². The van der Waals surface area contributed by atoms with Crippen LogP contribution in [0.4, 0.5) is 0 Å². The van der Waals surface area contributed by atoms with E-state index in [-0.39, 0.29) is 11.8 Å². The smallest absolute Gasteiger partial charge is 0.205 e. The van der Waals surface area contributed by atoms with Crippen molar-refractivity contribution in [2.45, 2.75) is 12.8 Å². The van der Waals surface area contributed by atoms with Crippen LogP contribution in [0.2, 0.25) is 0 Å². The minimum Gasteiger partial charge on any atom is -0.439 e. The van der Waals surface area contributed by atoms with Crippen LogP contribution in [0.15, 0.2) is 53.2 Å². The van der Waals surface area contributed by atoms with Crippen molar-refractivity contribution in [2.75, 3.05) is 0 Å². The summed E-state index contributed by atoms with van der Waals surface area (Å²) >= 11 is 1.60. The van der Waals surface area contributed by atoms with Gasteiger partial charge < -0.3 is 10.5 Å². The van der Waals surface area contributed by atoms with Crippen LogP contribution in [0.3, 0.4) is 0 Å². The normalized spacial score (nSPS) is 16.8. The maximum atomic E-state index is 9.58. The van der Waals surface area contributed by atoms with Crippen molar-refractivity contribution in [3.63, 3.8) is 0 Å². The number of hydrogen-bond acceptors (Lipinski definition) is 5. The average molecular weight is 319 g/mol. The van der Waals surface area contributed by atoms with Crippen molar-refractivity contribution in [1.29, 1.82) is 5.26 Å². The summed E-state index contributed by atoms with van der Waals surface area (Å²) in [6.45, 7) is 1.95. The Hall–Kier alpha value is -2.84. The highest BCUT2D eigenvalue weighted by molar-refractivity contribution is 7.10. The van der Waals surface area contributed by atoms with Gasteiger partial charge in [0.2, 0.25) is 5.88 Å². The first-order valence-electron chi connectivity index (χ1n) is 7.21. The van der Waals surface area contributed by atoms with Crippen LogP contribution in [0, 0.1) is 18.3 Å². The molecule has 0 fully saturated rings. The standard InChI is InChI=1S/C18H13N3OS/c1-10-15-16(14-7-4-8-23-14)12(9-19)18(20)22-17(15)11-5-2-3-6-13(11)21-10/h2-8,16H,20H2,1H3/t16-/m1/s1. The van der Waals surface area contributed by atoms with Gasteiger partial charge in [0.25, 0.3) is 0 Å². The van der Waals surface area contributed by atoms with Crippen molar-refractivity contribution in [2.24, 2.45) is 5.73 Å². The predicted molar refractivity (Wildman–Crippen MR) is 90.1 cm³/mol. The van der Waals surface area contributed by atoms with Gasteiger partial charge in [-0.05, 0) is 30.5 Å². The van der Waals surface area contributed by atoms with E-state index in [9.17, 15) is 5.26 Å². The van der Waals surface area contributed by atoms with E-state index in [0.717, 1.165) is 27.0 Å². The zero-order valence-electron chi connectivity index (χ0n) is 12.4. The van der Waals surface area contributed by atoms with E-state index >= 15 is 0 Å². The lowest BCUT2D eigenvalue weighted by molar-refractivity contribution is 0.397. The Morgan fingerprint density at radius 2 is 2.09 bits per heavy atom. The fourth-order valence-corrected chi connectivity index (χ4v) is 3.92. The largest absolute Gasteiger partial charge is 0.439 e. The number of rotatable bonds is 1. The second-order valence-corrected chi connectivity index (χ2v) is 6.38. The van der Waals surface area contributed by atoms with Gasteiger partial charge in [0, 0.05) is 21.5 Å². The van der Waals surface area contributed by atoms with Crippen LogP contribution in [0.5, 0.6) is 5.75 Å². The molecule has 23 heavy (non-hydrogen) atoms. The number of aromatic nitrogens is 1. The van der Waals surface area contributed by atoms with Gasteiger partial charge >= 0.3 is 0 Å². The van der Waals surface area contributed by atoms with Crippen molar-refractivity contribution < 1.29 is 4.74 Å². The Morgan fingerprint density at radius 3 is 2.83 bits per heavy atom. The Kier molecular flexibility index (Phi) is 3.07. The summed E-state index contributed by atoms with van der Waals surface area (Å²) in [7, 11) is 0. The number of hydrogen-bond donors (Lipinski definition) is 1. The second-order valence-electron chi connectivity index (χ2n) is 5.40. The van der Waals surface area contributed by atoms with E-state index in [4.69, 9.17) is 15.5 Å². The molecule has 1 atom stereocenters. The first kappa shape index (κ1) is 13.8. The van der Waals surface area contributed by atoms with Crippen molar-refractivity contribution in [3.8, 4) is 11.8 Å². The molecule has 4 rings (SSSR count). The van der Waals surface area contributed by atoms with E-state index in [2.05, 4.69) is 6.07 Å². The summed E-state index contributed by atoms with van der Waals surface area (Å²) in [4.78, 5) is 5.76. The van der Waals surface area contributed by atoms with Crippen molar-refractivity contribution >= 4 is 22.2 Å². The highest BCUT2D eigenvalue weighted by atomic mass is 32.1. The van der Waals surface area contributed by atoms with Crippen molar-refractivity contribution in [1.82, 2.24) is 4.98 Å². The first-order chi connectivity index (χ1) is 11.2. The molecule has 0 saturated carbocycles. The number of pyridine rings is 1. The zero-order chi connectivity index (χ0) is 16.0. The molecule has 2 N–H and O–H groups in total. The summed E-state index contributed by atoms with van der Waals surface area (Å²) in [5.41, 5.74) is 9.15. The number of ether oxygens (including phenoxy) is 1. The summed E-state index contributed by atoms with van der Waals surface area (Å²) in [6.07, 6.45) is 0. The fraction of sp³-hybridized carbons (Fsp3) is 0.111. The number of allylic oxidation sites excluding steroid dienone is 1. The molecule has 0 amide bonds. The van der Waals surface area contributed by atoms with Gasteiger partial charge in [-0.25, -0.2) is 0 Å². The number of thiophene rings is 1. The molecule has 4 nitrogen and oxygen atoms in total. The lowest BCUT2D eigenvalue weighted by Gasteiger charge is -2.27. The summed E-state index contributed by atoms with van der Waals surface area (Å²) in [6, 6.07) is 14.0. The van der Waals surface area contributed by atoms with E-state index in [0.29, 0.717) is 11.3 Å². The number of nitrogens with zero attached hydrogens (tertiary/aromatic N) is 2. The molecule has 5 heteroatoms. The first-order valence-corrected chi connectivity index (χ1v) is 8.09. The summed E-state index contributed by atoms with van der Waals surface area (Å²) in [5.74, 6) is 0.665. The molecule has 1 aliphatic rings. The van der Waals surface area contributed by atoms with Gasteiger partial charge in [-0.1, -0.05) is 18.2 Å². The molecule has 0 radical (unpaired) electrons. The number of nitriles is 1. The number of fused-ring (bicyclic) bond motifs is 3. The van der Waals surface area contributed by atoms with Gasteiger partial charge in [-0.3, -0.25) is 4.98 Å². The number of benzene rings is 1. The SMILES string of the molecule is Cc1nc2ccccc2c2c1[C@@H](c1cccs1)C(C#N)=C(N)O2. The highest BCUT2D eigenvalue weighted by Crippen LogP contribution is 2.47. The number of para-hydroxylation sites is 1. The van der Waals surface area contributed by atoms with E-state index in [1.807, 2.05) is 48.7 Å². The third kappa shape index (κ3) is 2.00. The van der Waals surface area contributed by atoms with Crippen LogP contribution >= 0.6 is 11.3 Å². The van der Waals surface area contributed by atoms with Crippen LogP contribution in [-0.2, 0) is 0 Å². The molecule has 0 spiro atoms. The third-order valence-corrected chi connectivity index (χ3v) is 5.01. The van der Waals surface area contributed by atoms with Gasteiger partial charge in [0.1, 0.15) is 17.4 Å². The average Bonchev–Trinajstić information content (AvgIpc) is 3.08. The third-order valence-electron chi connectivity index (χ3n) is 4.07. The molecule has 3 aromatic rings. The maximum absolute atomic E-state index is 9.58. The molecule has 0 unspecified atom stereocenters. The lowest BCUT2D eigenvalue weighted by atomic mass is 9.86. The van der Waals surface area contributed by atoms with Crippen LogP contribution < -0.4 is 10.5 Å². The number of nitrogens with two attached hydrogens (primary N) is 1. The molecule has 3 heterocycles. The molecule has 0 aliphatic carbocycles. The molecule has 112 valence electrons. The van der Waals surface area contributed by atoms with Gasteiger partial charge in [-0.15, -0.1) is 11.3 Å². The van der Waals surface area contributed by atoms with Gasteiger partial charge in [0.15, 0.2) is 0 Å². The lowest BCUT2D eigenvalue weighted by Crippen LogP contribution is -2.22. The minimum atomic E-state index is -0.221. The van der Waals surface area contributed by atoms with Crippen LogP contribution in [0.1, 0.15) is 22.1 Å².